The van der Waals surface area contributed by atoms with Gasteiger partial charge in [-0.05, 0) is 23.6 Å². The summed E-state index contributed by atoms with van der Waals surface area (Å²) < 4.78 is 5.37. The van der Waals surface area contributed by atoms with Crippen molar-refractivity contribution in [2.45, 2.75) is 25.6 Å². The summed E-state index contributed by atoms with van der Waals surface area (Å²) in [4.78, 5) is 0. The fraction of sp³-hybridized carbons (Fsp3) is 0.333. The molecule has 0 bridgehead atoms. The third-order valence-electron chi connectivity index (χ3n) is 2.41. The van der Waals surface area contributed by atoms with Crippen molar-refractivity contribution in [1.82, 2.24) is 10.2 Å². The molecule has 84 valence electrons. The second kappa shape index (κ2) is 4.66. The lowest BCUT2D eigenvalue weighted by Gasteiger charge is -2.04. The predicted molar refractivity (Wildman–Crippen MR) is 63.4 cm³/mol. The Morgan fingerprint density at radius 2 is 1.88 bits per heavy atom. The van der Waals surface area contributed by atoms with Gasteiger partial charge in [-0.2, -0.15) is 0 Å². The van der Waals surface area contributed by atoms with Crippen LogP contribution in [-0.4, -0.2) is 10.2 Å². The van der Waals surface area contributed by atoms with E-state index in [1.165, 1.54) is 5.56 Å². The van der Waals surface area contributed by atoms with Crippen molar-refractivity contribution in [3.8, 4) is 11.5 Å². The van der Waals surface area contributed by atoms with Crippen LogP contribution in [0, 0.1) is 0 Å². The summed E-state index contributed by atoms with van der Waals surface area (Å²) in [6.45, 7) is 4.32. The zero-order valence-corrected chi connectivity index (χ0v) is 10.0. The normalized spacial score (nSPS) is 11.0. The molecule has 0 fully saturated rings. The van der Waals surface area contributed by atoms with Crippen molar-refractivity contribution < 1.29 is 4.42 Å². The lowest BCUT2D eigenvalue weighted by molar-refractivity contribution is 0.527. The highest BCUT2D eigenvalue weighted by Crippen LogP contribution is 2.21. The van der Waals surface area contributed by atoms with Crippen LogP contribution >= 0.6 is 11.6 Å². The first-order chi connectivity index (χ1) is 7.70. The van der Waals surface area contributed by atoms with Gasteiger partial charge in [0.1, 0.15) is 5.88 Å². The average molecular weight is 237 g/mol. The Bertz CT molecular complexity index is 462. The largest absolute Gasteiger partial charge is 0.419 e. The minimum Gasteiger partial charge on any atom is -0.419 e. The van der Waals surface area contributed by atoms with Gasteiger partial charge in [0.25, 0.3) is 0 Å². The van der Waals surface area contributed by atoms with E-state index in [9.17, 15) is 0 Å². The van der Waals surface area contributed by atoms with E-state index >= 15 is 0 Å². The Labute approximate surface area is 99.5 Å². The van der Waals surface area contributed by atoms with Crippen molar-refractivity contribution in [1.29, 1.82) is 0 Å². The first kappa shape index (κ1) is 11.1. The first-order valence-corrected chi connectivity index (χ1v) is 5.73. The third-order valence-corrected chi connectivity index (χ3v) is 2.63. The Morgan fingerprint density at radius 3 is 2.38 bits per heavy atom. The molecule has 0 atom stereocenters. The number of hydrogen-bond acceptors (Lipinski definition) is 3. The third kappa shape index (κ3) is 2.25. The molecule has 2 rings (SSSR count). The van der Waals surface area contributed by atoms with Crippen LogP contribution in [0.2, 0.25) is 0 Å². The van der Waals surface area contributed by atoms with Gasteiger partial charge in [-0.25, -0.2) is 0 Å². The van der Waals surface area contributed by atoms with Crippen molar-refractivity contribution in [2.24, 2.45) is 0 Å². The molecule has 0 unspecified atom stereocenters. The quantitative estimate of drug-likeness (QED) is 0.765. The molecule has 4 heteroatoms. The molecule has 0 aliphatic rings. The van der Waals surface area contributed by atoms with Crippen molar-refractivity contribution >= 4 is 11.6 Å². The highest BCUT2D eigenvalue weighted by molar-refractivity contribution is 6.16. The minimum atomic E-state index is 0.247. The number of halogens is 1. The van der Waals surface area contributed by atoms with Crippen LogP contribution in [0.15, 0.2) is 28.7 Å². The van der Waals surface area contributed by atoms with E-state index in [1.54, 1.807) is 0 Å². The summed E-state index contributed by atoms with van der Waals surface area (Å²) in [5, 5.41) is 7.75. The summed E-state index contributed by atoms with van der Waals surface area (Å²) in [7, 11) is 0. The van der Waals surface area contributed by atoms with E-state index in [4.69, 9.17) is 16.0 Å². The molecule has 0 N–H and O–H groups in total. The van der Waals surface area contributed by atoms with Crippen LogP contribution in [0.3, 0.4) is 0 Å². The molecule has 0 spiro atoms. The van der Waals surface area contributed by atoms with Gasteiger partial charge in [-0.3, -0.25) is 0 Å². The van der Waals surface area contributed by atoms with Gasteiger partial charge in [0.15, 0.2) is 0 Å². The fourth-order valence-electron chi connectivity index (χ4n) is 1.43. The number of nitrogens with zero attached hydrogens (tertiary/aromatic N) is 2. The van der Waals surface area contributed by atoms with Crippen LogP contribution in [-0.2, 0) is 5.88 Å². The van der Waals surface area contributed by atoms with Gasteiger partial charge < -0.3 is 4.42 Å². The number of benzene rings is 1. The maximum atomic E-state index is 5.60. The molecule has 1 heterocycles. The molecule has 0 aliphatic carbocycles. The molecular formula is C12H13ClN2O. The van der Waals surface area contributed by atoms with E-state index in [1.807, 2.05) is 12.1 Å². The van der Waals surface area contributed by atoms with Crippen LogP contribution < -0.4 is 0 Å². The van der Waals surface area contributed by atoms with Gasteiger partial charge >= 0.3 is 0 Å². The molecule has 16 heavy (non-hydrogen) atoms. The summed E-state index contributed by atoms with van der Waals surface area (Å²) in [5.41, 5.74) is 2.22. The van der Waals surface area contributed by atoms with Crippen molar-refractivity contribution in [3.05, 3.63) is 35.7 Å². The SMILES string of the molecule is CC(C)c1ccc(-c2nnc(CCl)o2)cc1. The average Bonchev–Trinajstić information content (AvgIpc) is 2.77. The number of aromatic nitrogens is 2. The van der Waals surface area contributed by atoms with E-state index in [-0.39, 0.29) is 5.88 Å². The molecule has 0 saturated carbocycles. The van der Waals surface area contributed by atoms with Gasteiger partial charge in [-0.15, -0.1) is 21.8 Å². The lowest BCUT2D eigenvalue weighted by atomic mass is 10.0. The van der Waals surface area contributed by atoms with E-state index in [0.29, 0.717) is 17.7 Å². The number of rotatable bonds is 3. The fourth-order valence-corrected chi connectivity index (χ4v) is 1.54. The van der Waals surface area contributed by atoms with Crippen LogP contribution in [0.25, 0.3) is 11.5 Å². The highest BCUT2D eigenvalue weighted by atomic mass is 35.5. The van der Waals surface area contributed by atoms with Crippen LogP contribution in [0.1, 0.15) is 31.2 Å². The molecule has 2 aromatic rings. The maximum absolute atomic E-state index is 5.60. The predicted octanol–water partition coefficient (Wildman–Crippen LogP) is 3.60. The standard InChI is InChI=1S/C12H13ClN2O/c1-8(2)9-3-5-10(6-4-9)12-15-14-11(7-13)16-12/h3-6,8H,7H2,1-2H3. The molecular weight excluding hydrogens is 224 g/mol. The Balaban J connectivity index is 2.27. The second-order valence-electron chi connectivity index (χ2n) is 3.91. The molecule has 0 radical (unpaired) electrons. The minimum absolute atomic E-state index is 0.247. The van der Waals surface area contributed by atoms with Gasteiger partial charge in [0, 0.05) is 5.56 Å². The van der Waals surface area contributed by atoms with E-state index in [0.717, 1.165) is 5.56 Å². The Morgan fingerprint density at radius 1 is 1.19 bits per heavy atom. The summed E-state index contributed by atoms with van der Waals surface area (Å²) in [5.74, 6) is 1.74. The topological polar surface area (TPSA) is 38.9 Å². The van der Waals surface area contributed by atoms with Crippen molar-refractivity contribution in [3.63, 3.8) is 0 Å². The van der Waals surface area contributed by atoms with E-state index < -0.39 is 0 Å². The summed E-state index contributed by atoms with van der Waals surface area (Å²) >= 11 is 5.60. The zero-order chi connectivity index (χ0) is 11.5. The lowest BCUT2D eigenvalue weighted by Crippen LogP contribution is -1.86. The maximum Gasteiger partial charge on any atom is 0.247 e. The smallest absolute Gasteiger partial charge is 0.247 e. The molecule has 1 aromatic heterocycles. The highest BCUT2D eigenvalue weighted by Gasteiger charge is 2.07. The Hall–Kier alpha value is -1.35. The van der Waals surface area contributed by atoms with Crippen molar-refractivity contribution in [2.75, 3.05) is 0 Å². The van der Waals surface area contributed by atoms with Gasteiger partial charge in [-0.1, -0.05) is 26.0 Å². The van der Waals surface area contributed by atoms with Gasteiger partial charge in [0.05, 0.1) is 0 Å². The molecule has 3 nitrogen and oxygen atoms in total. The monoisotopic (exact) mass is 236 g/mol. The molecule has 0 saturated heterocycles. The number of hydrogen-bond donors (Lipinski definition) is 0. The van der Waals surface area contributed by atoms with E-state index in [2.05, 4.69) is 36.2 Å². The van der Waals surface area contributed by atoms with Crippen LogP contribution in [0.4, 0.5) is 0 Å². The first-order valence-electron chi connectivity index (χ1n) is 5.19. The zero-order valence-electron chi connectivity index (χ0n) is 9.27. The Kier molecular flexibility index (Phi) is 3.25. The number of alkyl halides is 1. The molecule has 1 aromatic carbocycles. The van der Waals surface area contributed by atoms with Crippen LogP contribution in [0.5, 0.6) is 0 Å². The molecule has 0 aliphatic heterocycles. The molecule has 0 amide bonds. The van der Waals surface area contributed by atoms with Gasteiger partial charge in [0.2, 0.25) is 11.8 Å². The second-order valence-corrected chi connectivity index (χ2v) is 4.18. The summed E-state index contributed by atoms with van der Waals surface area (Å²) in [6.07, 6.45) is 0. The summed E-state index contributed by atoms with van der Waals surface area (Å²) in [6, 6.07) is 8.12.